The average Bonchev–Trinajstić information content (AvgIpc) is 3.41. The summed E-state index contributed by atoms with van der Waals surface area (Å²) >= 11 is 0. The molecule has 1 fully saturated rings. The van der Waals surface area contributed by atoms with Gasteiger partial charge in [0.05, 0.1) is 13.2 Å². The quantitative estimate of drug-likeness (QED) is 0.184. The molecule has 1 saturated heterocycles. The molecule has 212 valence electrons. The second-order valence-electron chi connectivity index (χ2n) is 9.71. The smallest absolute Gasteiger partial charge is 0.231 e. The lowest BCUT2D eigenvalue weighted by molar-refractivity contribution is 0.122. The van der Waals surface area contributed by atoms with Crippen LogP contribution in [0.15, 0.2) is 58.8 Å². The van der Waals surface area contributed by atoms with Gasteiger partial charge in [0.1, 0.15) is 17.1 Å². The second-order valence-corrected chi connectivity index (χ2v) is 9.71. The number of hydrogen-bond donors (Lipinski definition) is 2. The van der Waals surface area contributed by atoms with Crippen molar-refractivity contribution in [3.8, 4) is 0 Å². The highest BCUT2D eigenvalue weighted by atomic mass is 16.5. The van der Waals surface area contributed by atoms with Gasteiger partial charge >= 0.3 is 0 Å². The summed E-state index contributed by atoms with van der Waals surface area (Å²) in [5.74, 6) is 3.05. The number of nitrogens with one attached hydrogen (secondary N) is 2. The van der Waals surface area contributed by atoms with Crippen LogP contribution in [0.2, 0.25) is 0 Å². The van der Waals surface area contributed by atoms with Gasteiger partial charge in [0.15, 0.2) is 11.4 Å². The van der Waals surface area contributed by atoms with Crippen molar-refractivity contribution in [2.24, 2.45) is 0 Å². The van der Waals surface area contributed by atoms with Crippen molar-refractivity contribution in [2.75, 3.05) is 43.6 Å². The largest absolute Gasteiger partial charge is 0.455 e. The third kappa shape index (κ3) is 9.13. The molecule has 3 heterocycles. The van der Waals surface area contributed by atoms with E-state index in [-0.39, 0.29) is 0 Å². The molecule has 39 heavy (non-hydrogen) atoms. The number of morpholine rings is 1. The van der Waals surface area contributed by atoms with E-state index in [1.54, 1.807) is 0 Å². The van der Waals surface area contributed by atoms with E-state index in [4.69, 9.17) is 19.1 Å². The lowest BCUT2D eigenvalue weighted by Gasteiger charge is -2.27. The first-order valence-electron chi connectivity index (χ1n) is 14.6. The van der Waals surface area contributed by atoms with Crippen molar-refractivity contribution < 1.29 is 9.15 Å². The number of aromatic nitrogens is 2. The van der Waals surface area contributed by atoms with Gasteiger partial charge in [-0.2, -0.15) is 4.98 Å². The zero-order chi connectivity index (χ0) is 27.9. The lowest BCUT2D eigenvalue weighted by Crippen LogP contribution is -2.37. The topological polar surface area (TPSA) is 75.5 Å². The van der Waals surface area contributed by atoms with E-state index < -0.39 is 0 Å². The number of fused-ring (bicyclic) bond motifs is 1. The number of ether oxygens (including phenoxy) is 1. The molecule has 1 aliphatic heterocycles. The number of benzene rings is 1. The number of unbranched alkanes of at least 4 members (excludes halogenated alkanes) is 5. The van der Waals surface area contributed by atoms with Crippen LogP contribution in [0.25, 0.3) is 16.7 Å². The Morgan fingerprint density at radius 1 is 0.974 bits per heavy atom. The Balaban J connectivity index is 0.000000459. The van der Waals surface area contributed by atoms with Gasteiger partial charge < -0.3 is 24.7 Å². The van der Waals surface area contributed by atoms with Crippen molar-refractivity contribution in [3.05, 3.63) is 65.7 Å². The predicted octanol–water partition coefficient (Wildman–Crippen LogP) is 7.56. The van der Waals surface area contributed by atoms with E-state index >= 15 is 0 Å². The number of furan rings is 1. The summed E-state index contributed by atoms with van der Waals surface area (Å²) in [6.45, 7) is 11.5. The minimum atomic E-state index is 0.529. The van der Waals surface area contributed by atoms with Gasteiger partial charge in [-0.05, 0) is 24.1 Å². The molecule has 0 spiro atoms. The zero-order valence-electron chi connectivity index (χ0n) is 24.6. The molecule has 4 rings (SSSR count). The molecule has 0 saturated carbocycles. The maximum atomic E-state index is 6.05. The highest BCUT2D eigenvalue weighted by Gasteiger charge is 2.21. The van der Waals surface area contributed by atoms with Crippen molar-refractivity contribution >= 4 is 28.4 Å². The fraction of sp³-hybridized carbons (Fsp3) is 0.500. The summed E-state index contributed by atoms with van der Waals surface area (Å²) in [7, 11) is 1.88. The Bertz CT molecular complexity index is 1170. The fourth-order valence-corrected chi connectivity index (χ4v) is 4.45. The van der Waals surface area contributed by atoms with E-state index in [2.05, 4.69) is 60.6 Å². The van der Waals surface area contributed by atoms with E-state index in [0.717, 1.165) is 59.1 Å². The minimum absolute atomic E-state index is 0.529. The van der Waals surface area contributed by atoms with Crippen LogP contribution in [0.3, 0.4) is 0 Å². The molecule has 0 radical (unpaired) electrons. The van der Waals surface area contributed by atoms with Gasteiger partial charge in [-0.15, -0.1) is 0 Å². The van der Waals surface area contributed by atoms with Crippen LogP contribution in [0, 0.1) is 0 Å². The summed E-state index contributed by atoms with van der Waals surface area (Å²) in [6, 6.07) is 12.3. The molecule has 7 heteroatoms. The molecule has 1 aliphatic rings. The summed E-state index contributed by atoms with van der Waals surface area (Å²) in [4.78, 5) is 11.7. The first-order valence-corrected chi connectivity index (χ1v) is 14.6. The van der Waals surface area contributed by atoms with Gasteiger partial charge in [0, 0.05) is 32.6 Å². The van der Waals surface area contributed by atoms with E-state index in [0.29, 0.717) is 19.2 Å². The maximum absolute atomic E-state index is 6.05. The Hall–Kier alpha value is -3.32. The fourth-order valence-electron chi connectivity index (χ4n) is 4.45. The van der Waals surface area contributed by atoms with Crippen LogP contribution in [0.5, 0.6) is 0 Å². The van der Waals surface area contributed by atoms with Crippen LogP contribution < -0.4 is 15.5 Å². The molecular weight excluding hydrogens is 486 g/mol. The first-order chi connectivity index (χ1) is 19.1. The molecule has 0 unspecified atom stereocenters. The molecule has 7 nitrogen and oxygen atoms in total. The van der Waals surface area contributed by atoms with E-state index in [1.807, 2.05) is 38.2 Å². The third-order valence-electron chi connectivity index (χ3n) is 6.75. The Morgan fingerprint density at radius 3 is 2.26 bits per heavy atom. The van der Waals surface area contributed by atoms with Gasteiger partial charge in [-0.1, -0.05) is 95.7 Å². The Kier molecular flexibility index (Phi) is 12.9. The first kappa shape index (κ1) is 30.2. The van der Waals surface area contributed by atoms with Gasteiger partial charge in [-0.25, -0.2) is 4.98 Å². The number of rotatable bonds is 12. The summed E-state index contributed by atoms with van der Waals surface area (Å²) in [5, 5.41) is 6.57. The number of allylic oxidation sites excluding steroid dienone is 3. The summed E-state index contributed by atoms with van der Waals surface area (Å²) in [5.41, 5.74) is 3.79. The minimum Gasteiger partial charge on any atom is -0.455 e. The third-order valence-corrected chi connectivity index (χ3v) is 6.75. The van der Waals surface area contributed by atoms with Gasteiger partial charge in [0.2, 0.25) is 5.95 Å². The van der Waals surface area contributed by atoms with Crippen LogP contribution >= 0.6 is 0 Å². The normalized spacial score (nSPS) is 14.2. The predicted molar refractivity (Wildman–Crippen MR) is 164 cm³/mol. The maximum Gasteiger partial charge on any atom is 0.231 e. The molecule has 0 amide bonds. The molecule has 0 aliphatic carbocycles. The molecular formula is C32H47N5O2. The second kappa shape index (κ2) is 16.6. The molecule has 0 bridgehead atoms. The Morgan fingerprint density at radius 2 is 1.67 bits per heavy atom. The summed E-state index contributed by atoms with van der Waals surface area (Å²) < 4.78 is 11.6. The molecule has 2 N–H and O–H groups in total. The molecule has 3 aromatic rings. The van der Waals surface area contributed by atoms with Crippen LogP contribution in [-0.4, -0.2) is 43.3 Å². The highest BCUT2D eigenvalue weighted by Crippen LogP contribution is 2.29. The van der Waals surface area contributed by atoms with Crippen molar-refractivity contribution in [3.63, 3.8) is 0 Å². The highest BCUT2D eigenvalue weighted by molar-refractivity contribution is 5.86. The van der Waals surface area contributed by atoms with Gasteiger partial charge in [-0.3, -0.25) is 0 Å². The van der Waals surface area contributed by atoms with Crippen molar-refractivity contribution in [2.45, 2.75) is 72.6 Å². The average molecular weight is 534 g/mol. The standard InChI is InChI=1S/C24H29N5O2.C8H18/c1-4-17(18-9-7-6-8-10-18)15-21(25-3)27-24-26-20-16-19(5-2)31-22(20)23(28-24)29-11-13-30-14-12-29;1-3-5-7-8-6-4-2/h4,6-10,15-16,25H,5,11-14H2,1-3H3,(H,26,27,28);3-8H2,1-2H3/b17-4+,21-15+;. The van der Waals surface area contributed by atoms with Crippen molar-refractivity contribution in [1.82, 2.24) is 15.3 Å². The van der Waals surface area contributed by atoms with Crippen LogP contribution in [-0.2, 0) is 11.2 Å². The van der Waals surface area contributed by atoms with Crippen LogP contribution in [0.4, 0.5) is 11.8 Å². The van der Waals surface area contributed by atoms with Crippen molar-refractivity contribution in [1.29, 1.82) is 0 Å². The SMILES string of the molecule is C/C=C(\C=C(/NC)Nc1nc(N2CCOCC2)c2oc(CC)cc2n1)c1ccccc1.CCCCCCCC. The van der Waals surface area contributed by atoms with E-state index in [1.165, 1.54) is 38.5 Å². The molecule has 2 aromatic heterocycles. The molecule has 1 aromatic carbocycles. The number of aryl methyl sites for hydroxylation is 1. The monoisotopic (exact) mass is 533 g/mol. The Labute approximate surface area is 234 Å². The zero-order valence-corrected chi connectivity index (χ0v) is 24.6. The summed E-state index contributed by atoms with van der Waals surface area (Å²) in [6.07, 6.45) is 13.4. The number of hydrogen-bond acceptors (Lipinski definition) is 7. The number of anilines is 2. The van der Waals surface area contributed by atoms with Crippen LogP contribution in [0.1, 0.15) is 77.5 Å². The number of nitrogens with zero attached hydrogens (tertiary/aromatic N) is 3. The van der Waals surface area contributed by atoms with Gasteiger partial charge in [0.25, 0.3) is 0 Å². The lowest BCUT2D eigenvalue weighted by atomic mass is 10.1. The molecule has 0 atom stereocenters. The van der Waals surface area contributed by atoms with E-state index in [9.17, 15) is 0 Å².